The summed E-state index contributed by atoms with van der Waals surface area (Å²) in [4.78, 5) is 28.4. The molecule has 0 aromatic carbocycles. The summed E-state index contributed by atoms with van der Waals surface area (Å²) in [7, 11) is 1.39. The molecule has 2 fully saturated rings. The maximum Gasteiger partial charge on any atom is 0.307 e. The molecule has 0 N–H and O–H groups in total. The van der Waals surface area contributed by atoms with Gasteiger partial charge in [-0.1, -0.05) is 6.42 Å². The van der Waals surface area contributed by atoms with Gasteiger partial charge >= 0.3 is 5.97 Å². The summed E-state index contributed by atoms with van der Waals surface area (Å²) in [6.45, 7) is 6.52. The lowest BCUT2D eigenvalue weighted by atomic mass is 9.98. The summed E-state index contributed by atoms with van der Waals surface area (Å²) in [6, 6.07) is 0.724. The van der Waals surface area contributed by atoms with Gasteiger partial charge in [0.1, 0.15) is 0 Å². The van der Waals surface area contributed by atoms with Crippen molar-refractivity contribution in [2.45, 2.75) is 58.0 Å². The fourth-order valence-electron chi connectivity index (χ4n) is 3.60. The zero-order chi connectivity index (χ0) is 15.4. The van der Waals surface area contributed by atoms with Crippen molar-refractivity contribution in [2.24, 2.45) is 5.92 Å². The lowest BCUT2D eigenvalue weighted by Gasteiger charge is -2.29. The average molecular weight is 296 g/mol. The van der Waals surface area contributed by atoms with E-state index in [1.807, 2.05) is 18.7 Å². The SMILES string of the molecule is COC(=O)CCN(C(=O)C1CC2CCCCN2C1)C(C)C. The second-order valence-electron chi connectivity index (χ2n) is 6.53. The normalized spacial score (nSPS) is 25.7. The molecule has 2 aliphatic rings. The number of piperidine rings is 1. The third-order valence-electron chi connectivity index (χ3n) is 4.80. The van der Waals surface area contributed by atoms with Gasteiger partial charge in [0.25, 0.3) is 0 Å². The second-order valence-corrected chi connectivity index (χ2v) is 6.53. The number of fused-ring (bicyclic) bond motifs is 1. The predicted octanol–water partition coefficient (Wildman–Crippen LogP) is 1.66. The van der Waals surface area contributed by atoms with Crippen LogP contribution < -0.4 is 0 Å². The highest BCUT2D eigenvalue weighted by molar-refractivity contribution is 5.80. The minimum absolute atomic E-state index is 0.105. The first-order valence-corrected chi connectivity index (χ1v) is 8.14. The van der Waals surface area contributed by atoms with Crippen molar-refractivity contribution >= 4 is 11.9 Å². The maximum absolute atomic E-state index is 12.8. The third-order valence-corrected chi connectivity index (χ3v) is 4.80. The topological polar surface area (TPSA) is 49.9 Å². The number of hydrogen-bond acceptors (Lipinski definition) is 4. The Balaban J connectivity index is 1.93. The Morgan fingerprint density at radius 3 is 2.71 bits per heavy atom. The molecule has 0 aromatic heterocycles. The Morgan fingerprint density at radius 1 is 1.33 bits per heavy atom. The van der Waals surface area contributed by atoms with E-state index in [4.69, 9.17) is 0 Å². The van der Waals surface area contributed by atoms with Crippen molar-refractivity contribution in [1.29, 1.82) is 0 Å². The summed E-state index contributed by atoms with van der Waals surface area (Å²) < 4.78 is 4.68. The first-order chi connectivity index (χ1) is 10.0. The van der Waals surface area contributed by atoms with Crippen LogP contribution in [0.3, 0.4) is 0 Å². The van der Waals surface area contributed by atoms with Crippen LogP contribution in [0.1, 0.15) is 46.0 Å². The molecule has 5 nitrogen and oxygen atoms in total. The van der Waals surface area contributed by atoms with Crippen molar-refractivity contribution in [3.8, 4) is 0 Å². The summed E-state index contributed by atoms with van der Waals surface area (Å²) in [5, 5.41) is 0. The maximum atomic E-state index is 12.8. The van der Waals surface area contributed by atoms with Gasteiger partial charge in [0, 0.05) is 25.2 Å². The highest BCUT2D eigenvalue weighted by Gasteiger charge is 2.39. The van der Waals surface area contributed by atoms with Gasteiger partial charge in [0.05, 0.1) is 19.4 Å². The standard InChI is InChI=1S/C16H28N2O3/c1-12(2)18(9-7-15(19)21-3)16(20)13-10-14-6-4-5-8-17(14)11-13/h12-14H,4-11H2,1-3H3. The number of methoxy groups -OCH3 is 1. The van der Waals surface area contributed by atoms with E-state index in [1.54, 1.807) is 0 Å². The molecule has 0 aromatic rings. The third kappa shape index (κ3) is 3.96. The van der Waals surface area contributed by atoms with Crippen LogP contribution in [0.5, 0.6) is 0 Å². The molecule has 2 aliphatic heterocycles. The molecule has 0 radical (unpaired) electrons. The zero-order valence-electron chi connectivity index (χ0n) is 13.5. The van der Waals surface area contributed by atoms with Crippen LogP contribution in [0, 0.1) is 5.92 Å². The fraction of sp³-hybridized carbons (Fsp3) is 0.875. The lowest BCUT2D eigenvalue weighted by Crippen LogP contribution is -2.43. The molecule has 2 atom stereocenters. The first kappa shape index (κ1) is 16.3. The van der Waals surface area contributed by atoms with Crippen molar-refractivity contribution in [1.82, 2.24) is 9.80 Å². The molecular weight excluding hydrogens is 268 g/mol. The molecule has 0 spiro atoms. The fourth-order valence-corrected chi connectivity index (χ4v) is 3.60. The Hall–Kier alpha value is -1.10. The average Bonchev–Trinajstić information content (AvgIpc) is 2.90. The number of nitrogens with zero attached hydrogens (tertiary/aromatic N) is 2. The summed E-state index contributed by atoms with van der Waals surface area (Å²) in [5.74, 6) is 0.0636. The van der Waals surface area contributed by atoms with Gasteiger partial charge in [0.15, 0.2) is 0 Å². The molecule has 2 heterocycles. The van der Waals surface area contributed by atoms with Gasteiger partial charge < -0.3 is 9.64 Å². The molecule has 120 valence electrons. The van der Waals surface area contributed by atoms with E-state index in [2.05, 4.69) is 9.64 Å². The quantitative estimate of drug-likeness (QED) is 0.724. The number of carbonyl (C=O) groups excluding carboxylic acids is 2. The molecule has 0 aliphatic carbocycles. The number of carbonyl (C=O) groups is 2. The van der Waals surface area contributed by atoms with E-state index in [9.17, 15) is 9.59 Å². The Labute approximate surface area is 127 Å². The summed E-state index contributed by atoms with van der Waals surface area (Å²) >= 11 is 0. The van der Waals surface area contributed by atoms with Crippen LogP contribution in [0.4, 0.5) is 0 Å². The highest BCUT2D eigenvalue weighted by atomic mass is 16.5. The number of rotatable bonds is 5. The minimum atomic E-state index is -0.253. The van der Waals surface area contributed by atoms with Gasteiger partial charge in [0.2, 0.25) is 5.91 Å². The van der Waals surface area contributed by atoms with Gasteiger partial charge in [-0.05, 0) is 39.7 Å². The molecule has 2 rings (SSSR count). The van der Waals surface area contributed by atoms with Crippen molar-refractivity contribution < 1.29 is 14.3 Å². The minimum Gasteiger partial charge on any atom is -0.469 e. The Bertz CT molecular complexity index is 370. The molecule has 5 heteroatoms. The summed E-state index contributed by atoms with van der Waals surface area (Å²) in [5.41, 5.74) is 0. The van der Waals surface area contributed by atoms with Crippen LogP contribution in [0.15, 0.2) is 0 Å². The zero-order valence-corrected chi connectivity index (χ0v) is 13.5. The van der Waals surface area contributed by atoms with E-state index in [0.29, 0.717) is 12.6 Å². The number of hydrogen-bond donors (Lipinski definition) is 0. The van der Waals surface area contributed by atoms with E-state index in [0.717, 1.165) is 19.5 Å². The van der Waals surface area contributed by atoms with Crippen molar-refractivity contribution in [3.05, 3.63) is 0 Å². The van der Waals surface area contributed by atoms with Gasteiger partial charge in [-0.25, -0.2) is 0 Å². The van der Waals surface area contributed by atoms with E-state index >= 15 is 0 Å². The van der Waals surface area contributed by atoms with Crippen molar-refractivity contribution in [3.63, 3.8) is 0 Å². The molecule has 1 amide bonds. The van der Waals surface area contributed by atoms with Gasteiger partial charge in [-0.2, -0.15) is 0 Å². The molecular formula is C16H28N2O3. The number of amides is 1. The first-order valence-electron chi connectivity index (χ1n) is 8.14. The van der Waals surface area contributed by atoms with Crippen LogP contribution >= 0.6 is 0 Å². The molecule has 2 unspecified atom stereocenters. The van der Waals surface area contributed by atoms with Crippen LogP contribution in [0.25, 0.3) is 0 Å². The monoisotopic (exact) mass is 296 g/mol. The lowest BCUT2D eigenvalue weighted by molar-refractivity contribution is -0.143. The van der Waals surface area contributed by atoms with Crippen LogP contribution in [-0.4, -0.2) is 60.5 Å². The van der Waals surface area contributed by atoms with Crippen molar-refractivity contribution in [2.75, 3.05) is 26.7 Å². The predicted molar refractivity (Wildman–Crippen MR) is 80.8 cm³/mol. The van der Waals surface area contributed by atoms with Gasteiger partial charge in [-0.15, -0.1) is 0 Å². The molecule has 0 saturated carbocycles. The molecule has 0 bridgehead atoms. The summed E-state index contributed by atoms with van der Waals surface area (Å²) in [6.07, 6.45) is 5.04. The highest BCUT2D eigenvalue weighted by Crippen LogP contribution is 2.31. The van der Waals surface area contributed by atoms with Gasteiger partial charge in [-0.3, -0.25) is 14.5 Å². The Morgan fingerprint density at radius 2 is 2.10 bits per heavy atom. The molecule has 2 saturated heterocycles. The molecule has 21 heavy (non-hydrogen) atoms. The van der Waals surface area contributed by atoms with E-state index in [1.165, 1.54) is 26.4 Å². The van der Waals surface area contributed by atoms with E-state index in [-0.39, 0.29) is 30.3 Å². The van der Waals surface area contributed by atoms with Crippen LogP contribution in [0.2, 0.25) is 0 Å². The number of esters is 1. The second kappa shape index (κ2) is 7.25. The number of ether oxygens (including phenoxy) is 1. The van der Waals surface area contributed by atoms with Crippen LogP contribution in [-0.2, 0) is 14.3 Å². The smallest absolute Gasteiger partial charge is 0.307 e. The Kier molecular flexibility index (Phi) is 5.62. The largest absolute Gasteiger partial charge is 0.469 e. The van der Waals surface area contributed by atoms with E-state index < -0.39 is 0 Å².